The summed E-state index contributed by atoms with van der Waals surface area (Å²) >= 11 is 3.53. The van der Waals surface area contributed by atoms with E-state index in [-0.39, 0.29) is 12.0 Å². The van der Waals surface area contributed by atoms with Crippen LogP contribution in [-0.4, -0.2) is 21.0 Å². The predicted molar refractivity (Wildman–Crippen MR) is 64.9 cm³/mol. The highest BCUT2D eigenvalue weighted by Crippen LogP contribution is 2.23. The Hall–Kier alpha value is -0.350. The van der Waals surface area contributed by atoms with Crippen LogP contribution in [0.25, 0.3) is 0 Å². The van der Waals surface area contributed by atoms with Crippen molar-refractivity contribution in [2.24, 2.45) is 5.92 Å². The predicted octanol–water partition coefficient (Wildman–Crippen LogP) is 2.53. The van der Waals surface area contributed by atoms with Gasteiger partial charge in [-0.15, -0.1) is 0 Å². The van der Waals surface area contributed by atoms with Crippen LogP contribution in [0.4, 0.5) is 0 Å². The Morgan fingerprint density at radius 1 is 1.47 bits per heavy atom. The van der Waals surface area contributed by atoms with E-state index in [1.165, 1.54) is 0 Å². The van der Waals surface area contributed by atoms with Crippen molar-refractivity contribution in [2.75, 3.05) is 0 Å². The molecule has 1 rings (SSSR count). The molecule has 0 amide bonds. The van der Waals surface area contributed by atoms with Crippen molar-refractivity contribution in [1.29, 1.82) is 0 Å². The maximum Gasteiger partial charge on any atom is 0.0738 e. The first-order valence-electron chi connectivity index (χ1n) is 5.37. The molecule has 0 spiro atoms. The van der Waals surface area contributed by atoms with Crippen molar-refractivity contribution >= 4 is 15.9 Å². The van der Waals surface area contributed by atoms with Gasteiger partial charge in [-0.1, -0.05) is 13.8 Å². The first kappa shape index (κ1) is 12.7. The minimum absolute atomic E-state index is 0.275. The SMILES string of the molecule is CCn1nc(C)c(Br)c1CC(O)C(C)C. The van der Waals surface area contributed by atoms with Crippen molar-refractivity contribution in [3.8, 4) is 0 Å². The summed E-state index contributed by atoms with van der Waals surface area (Å²) in [5.74, 6) is 0.275. The fourth-order valence-corrected chi connectivity index (χ4v) is 1.94. The van der Waals surface area contributed by atoms with Gasteiger partial charge in [0.05, 0.1) is 22.0 Å². The lowest BCUT2D eigenvalue weighted by Gasteiger charge is -2.15. The molecule has 1 aromatic heterocycles. The second-order valence-electron chi connectivity index (χ2n) is 4.18. The zero-order valence-corrected chi connectivity index (χ0v) is 11.4. The molecule has 0 saturated heterocycles. The second-order valence-corrected chi connectivity index (χ2v) is 4.97. The van der Waals surface area contributed by atoms with E-state index in [0.29, 0.717) is 6.42 Å². The molecular weight excluding hydrogens is 256 g/mol. The highest BCUT2D eigenvalue weighted by Gasteiger charge is 2.17. The molecular formula is C11H19BrN2O. The summed E-state index contributed by atoms with van der Waals surface area (Å²) < 4.78 is 2.98. The summed E-state index contributed by atoms with van der Waals surface area (Å²) in [6, 6.07) is 0. The van der Waals surface area contributed by atoms with E-state index in [9.17, 15) is 5.11 Å². The molecule has 4 heteroatoms. The number of aliphatic hydroxyl groups excluding tert-OH is 1. The van der Waals surface area contributed by atoms with Gasteiger partial charge < -0.3 is 5.11 Å². The number of rotatable bonds is 4. The van der Waals surface area contributed by atoms with Gasteiger partial charge in [0.15, 0.2) is 0 Å². The molecule has 1 aromatic rings. The van der Waals surface area contributed by atoms with Crippen LogP contribution < -0.4 is 0 Å². The van der Waals surface area contributed by atoms with E-state index in [0.717, 1.165) is 22.4 Å². The van der Waals surface area contributed by atoms with E-state index >= 15 is 0 Å². The summed E-state index contributed by atoms with van der Waals surface area (Å²) in [7, 11) is 0. The Labute approximate surface area is 99.6 Å². The monoisotopic (exact) mass is 274 g/mol. The Morgan fingerprint density at radius 2 is 2.07 bits per heavy atom. The van der Waals surface area contributed by atoms with E-state index in [1.807, 2.05) is 25.5 Å². The zero-order valence-electron chi connectivity index (χ0n) is 9.79. The summed E-state index contributed by atoms with van der Waals surface area (Å²) in [5.41, 5.74) is 2.08. The summed E-state index contributed by atoms with van der Waals surface area (Å²) in [6.45, 7) is 8.92. The van der Waals surface area contributed by atoms with E-state index < -0.39 is 0 Å². The van der Waals surface area contributed by atoms with Gasteiger partial charge in [-0.3, -0.25) is 4.68 Å². The molecule has 0 saturated carbocycles. The van der Waals surface area contributed by atoms with Gasteiger partial charge in [-0.25, -0.2) is 0 Å². The Bertz CT molecular complexity index is 334. The van der Waals surface area contributed by atoms with Gasteiger partial charge in [-0.05, 0) is 35.7 Å². The van der Waals surface area contributed by atoms with Crippen molar-refractivity contribution in [1.82, 2.24) is 9.78 Å². The Balaban J connectivity index is 2.92. The largest absolute Gasteiger partial charge is 0.392 e. The van der Waals surface area contributed by atoms with Crippen LogP contribution in [0.1, 0.15) is 32.2 Å². The molecule has 0 aliphatic heterocycles. The molecule has 0 fully saturated rings. The quantitative estimate of drug-likeness (QED) is 0.917. The van der Waals surface area contributed by atoms with Crippen LogP contribution in [0.3, 0.4) is 0 Å². The third-order valence-electron chi connectivity index (χ3n) is 2.62. The Morgan fingerprint density at radius 3 is 2.53 bits per heavy atom. The van der Waals surface area contributed by atoms with Gasteiger partial charge in [0.25, 0.3) is 0 Å². The lowest BCUT2D eigenvalue weighted by molar-refractivity contribution is 0.123. The van der Waals surface area contributed by atoms with Crippen molar-refractivity contribution in [3.05, 3.63) is 15.9 Å². The fraction of sp³-hybridized carbons (Fsp3) is 0.727. The molecule has 0 aliphatic carbocycles. The standard InChI is InChI=1S/C11H19BrN2O/c1-5-14-9(6-10(15)7(2)3)11(12)8(4)13-14/h7,10,15H,5-6H2,1-4H3. The van der Waals surface area contributed by atoms with Crippen molar-refractivity contribution in [2.45, 2.75) is 46.8 Å². The lowest BCUT2D eigenvalue weighted by atomic mass is 10.0. The van der Waals surface area contributed by atoms with Crippen LogP contribution in [0.15, 0.2) is 4.47 Å². The number of hydrogen-bond donors (Lipinski definition) is 1. The lowest BCUT2D eigenvalue weighted by Crippen LogP contribution is -2.20. The van der Waals surface area contributed by atoms with Crippen molar-refractivity contribution < 1.29 is 5.11 Å². The number of nitrogens with zero attached hydrogens (tertiary/aromatic N) is 2. The molecule has 1 atom stereocenters. The van der Waals surface area contributed by atoms with Crippen LogP contribution in [0.2, 0.25) is 0 Å². The van der Waals surface area contributed by atoms with Gasteiger partial charge in [0.1, 0.15) is 0 Å². The molecule has 1 unspecified atom stereocenters. The molecule has 0 radical (unpaired) electrons. The fourth-order valence-electron chi connectivity index (χ4n) is 1.50. The highest BCUT2D eigenvalue weighted by atomic mass is 79.9. The normalized spacial score (nSPS) is 13.5. The van der Waals surface area contributed by atoms with Crippen molar-refractivity contribution in [3.63, 3.8) is 0 Å². The molecule has 15 heavy (non-hydrogen) atoms. The third kappa shape index (κ3) is 2.82. The van der Waals surface area contributed by atoms with Crippen LogP contribution in [0.5, 0.6) is 0 Å². The molecule has 0 aromatic carbocycles. The van der Waals surface area contributed by atoms with E-state index in [2.05, 4.69) is 28.0 Å². The maximum atomic E-state index is 9.87. The van der Waals surface area contributed by atoms with E-state index in [4.69, 9.17) is 0 Å². The van der Waals surface area contributed by atoms with Gasteiger partial charge in [0.2, 0.25) is 0 Å². The number of aryl methyl sites for hydroxylation is 2. The van der Waals surface area contributed by atoms with Crippen LogP contribution >= 0.6 is 15.9 Å². The molecule has 0 aliphatic rings. The molecule has 0 bridgehead atoms. The molecule has 1 heterocycles. The molecule has 1 N–H and O–H groups in total. The van der Waals surface area contributed by atoms with E-state index in [1.54, 1.807) is 0 Å². The summed E-state index contributed by atoms with van der Waals surface area (Å²) in [5, 5.41) is 14.3. The second kappa shape index (κ2) is 5.12. The minimum atomic E-state index is -0.303. The average molecular weight is 275 g/mol. The number of hydrogen-bond acceptors (Lipinski definition) is 2. The van der Waals surface area contributed by atoms with Crippen LogP contribution in [-0.2, 0) is 13.0 Å². The summed E-state index contributed by atoms with van der Waals surface area (Å²) in [4.78, 5) is 0. The molecule has 86 valence electrons. The Kier molecular flexibility index (Phi) is 4.34. The number of aromatic nitrogens is 2. The first-order valence-corrected chi connectivity index (χ1v) is 6.16. The number of aliphatic hydroxyl groups is 1. The highest BCUT2D eigenvalue weighted by molar-refractivity contribution is 9.10. The average Bonchev–Trinajstić information content (AvgIpc) is 2.45. The van der Waals surface area contributed by atoms with Gasteiger partial charge >= 0.3 is 0 Å². The van der Waals surface area contributed by atoms with Crippen LogP contribution in [0, 0.1) is 12.8 Å². The van der Waals surface area contributed by atoms with Gasteiger partial charge in [-0.2, -0.15) is 5.10 Å². The molecule has 3 nitrogen and oxygen atoms in total. The summed E-state index contributed by atoms with van der Waals surface area (Å²) in [6.07, 6.45) is 0.357. The van der Waals surface area contributed by atoms with Gasteiger partial charge in [0, 0.05) is 13.0 Å². The zero-order chi connectivity index (χ0) is 11.6. The smallest absolute Gasteiger partial charge is 0.0738 e. The minimum Gasteiger partial charge on any atom is -0.392 e. The maximum absolute atomic E-state index is 9.87. The first-order chi connectivity index (χ1) is 6.97. The number of halogens is 1. The topological polar surface area (TPSA) is 38.0 Å². The third-order valence-corrected chi connectivity index (χ3v) is 3.66.